The molecule has 0 aliphatic rings. The molecule has 12 aromatic carbocycles. The number of benzene rings is 12. The van der Waals surface area contributed by atoms with Crippen LogP contribution in [-0.2, 0) is 116 Å². The van der Waals surface area contributed by atoms with Crippen molar-refractivity contribution in [3.63, 3.8) is 0 Å². The maximum atomic E-state index is 10.0. The molecule has 0 saturated carbocycles. The predicted molar refractivity (Wildman–Crippen MR) is 577 cm³/mol. The Morgan fingerprint density at radius 3 is 1.08 bits per heavy atom. The third-order valence-corrected chi connectivity index (χ3v) is 20.8. The first-order valence-electron chi connectivity index (χ1n) is 45.8. The van der Waals surface area contributed by atoms with Gasteiger partial charge in [0, 0.05) is 109 Å². The van der Waals surface area contributed by atoms with Gasteiger partial charge in [-0.2, -0.15) is 0 Å². The number of aliphatic hydroxyl groups excluding tert-OH is 3. The van der Waals surface area contributed by atoms with E-state index in [9.17, 15) is 14.4 Å². The molecule has 0 atom stereocenters. The molecule has 0 amide bonds. The molecule has 14 nitrogen and oxygen atoms in total. The summed E-state index contributed by atoms with van der Waals surface area (Å²) in [6.07, 6.45) is 12.6. The van der Waals surface area contributed by atoms with Gasteiger partial charge in [0.15, 0.2) is 17.3 Å². The molecule has 0 aliphatic carbocycles. The summed E-state index contributed by atoms with van der Waals surface area (Å²) in [5.41, 5.74) is 35.5. The number of aliphatic imine (C=N–C) groups is 2. The second-order valence-corrected chi connectivity index (χ2v) is 33.9. The zero-order valence-corrected chi connectivity index (χ0v) is 96.5. The number of aromatic nitrogens is 6. The molecule has 0 bridgehead atoms. The molecule has 18 aromatic rings. The molecule has 145 heavy (non-hydrogen) atoms. The normalized spacial score (nSPS) is 10.5. The van der Waals surface area contributed by atoms with Crippen molar-refractivity contribution in [2.45, 2.75) is 132 Å². The van der Waals surface area contributed by atoms with E-state index in [2.05, 4.69) is 297 Å². The van der Waals surface area contributed by atoms with Crippen molar-refractivity contribution in [2.75, 3.05) is 0 Å². The van der Waals surface area contributed by atoms with Gasteiger partial charge in [-0.15, -0.1) is 272 Å². The van der Waals surface area contributed by atoms with Crippen LogP contribution in [0, 0.1) is 139 Å². The van der Waals surface area contributed by atoms with Gasteiger partial charge in [0.1, 0.15) is 0 Å². The van der Waals surface area contributed by atoms with E-state index in [1.807, 2.05) is 176 Å². The maximum absolute atomic E-state index is 10.0. The van der Waals surface area contributed by atoms with E-state index in [1.54, 1.807) is 12.4 Å². The number of ketones is 3. The average molecular weight is 2800 g/mol. The van der Waals surface area contributed by atoms with Crippen LogP contribution in [0.15, 0.2) is 355 Å². The number of carbonyl (C=O) groups excluding carboxylic acids is 3. The minimum atomic E-state index is -0.125. The second kappa shape index (κ2) is 62.3. The minimum Gasteiger partial charge on any atom is -0.512 e. The molecule has 0 aliphatic heterocycles. The summed E-state index contributed by atoms with van der Waals surface area (Å²) in [5.74, 6) is -0.187. The number of hydrogen-bond donors (Lipinski definition) is 3. The van der Waals surface area contributed by atoms with Gasteiger partial charge in [-0.3, -0.25) is 34.3 Å². The standard InChI is InChI=1S/C20H14N2.C19H15N.C18H15N2.3C18H16N.3C5H8O2.4Ir.Pt/c1-3-9-17(10-4-1)15-21-19-13-7-8-14-20(19)22-16-18-11-5-2-6-12-18;1-14-13-15(2)19(17-11-7-4-8-12-17)20-18(14)16-9-5-3-6-10-16;1-13-11-14(2)16(18-8-4-6-10-20-18)12-15(13)17-7-3-5-9-19-17;1-12-4-6-17-15(9-12)5-7-18(19-17)16-10-13(2)8-14(3)11-16;1-12-4-5-15-6-7-17(19-18(15)11-12)16-9-13(2)8-14(3)10-16;1-12-4-5-17-15(9-12)6-7-19-18(17)16-10-13(2)8-14(3)11-16;3*1-4(6)3-5(2)7;;;;;/h1-9,11,13-16H;3-9,11,13H,1-2H3;3-11H,1-2H3;4-10H,1-3H3;4-9,11H,1-3H3;4-10H,1-3H3;3*3,6H,1-2H3;;;;;/q2*-2;4*-1;;;;;;;+3;+2. The van der Waals surface area contributed by atoms with Gasteiger partial charge in [-0.25, -0.2) is 0 Å². The number of aryl methyl sites for hydroxylation is 13. The van der Waals surface area contributed by atoms with E-state index in [-0.39, 0.29) is 136 Å². The second-order valence-electron chi connectivity index (χ2n) is 33.9. The number of hydrogen-bond acceptors (Lipinski definition) is 14. The Morgan fingerprint density at radius 1 is 0.297 bits per heavy atom. The third kappa shape index (κ3) is 40.6. The van der Waals surface area contributed by atoms with Crippen LogP contribution in [0.4, 0.5) is 11.4 Å². The Bertz CT molecular complexity index is 6970. The van der Waals surface area contributed by atoms with Crippen molar-refractivity contribution in [2.24, 2.45) is 9.98 Å². The van der Waals surface area contributed by atoms with Gasteiger partial charge in [0.2, 0.25) is 0 Å². The van der Waals surface area contributed by atoms with Crippen molar-refractivity contribution < 1.29 is 131 Å². The van der Waals surface area contributed by atoms with E-state index in [1.165, 1.54) is 137 Å². The molecular weight excluding hydrogens is 2690 g/mol. The molecule has 745 valence electrons. The number of pyridine rings is 6. The number of allylic oxidation sites excluding steroid dienone is 6. The van der Waals surface area contributed by atoms with Crippen LogP contribution in [-0.4, -0.2) is 75.0 Å². The van der Waals surface area contributed by atoms with E-state index < -0.39 is 0 Å². The van der Waals surface area contributed by atoms with E-state index in [0.29, 0.717) is 0 Å². The number of rotatable bonds is 14. The molecule has 3 radical (unpaired) electrons. The third-order valence-electron chi connectivity index (χ3n) is 20.8. The molecule has 3 N–H and O–H groups in total. The van der Waals surface area contributed by atoms with E-state index >= 15 is 0 Å². The summed E-state index contributed by atoms with van der Waals surface area (Å²) in [7, 11) is 0. The fourth-order valence-electron chi connectivity index (χ4n) is 14.9. The maximum Gasteiger partial charge on any atom is 3.00 e. The van der Waals surface area contributed by atoms with Gasteiger partial charge < -0.3 is 35.3 Å². The molecular formula is C126H116Ir4N8O6Pt-3. The van der Waals surface area contributed by atoms with Gasteiger partial charge in [-0.1, -0.05) is 192 Å². The number of nitrogens with zero attached hydrogens (tertiary/aromatic N) is 8. The van der Waals surface area contributed by atoms with Crippen LogP contribution in [0.5, 0.6) is 0 Å². The van der Waals surface area contributed by atoms with Crippen molar-refractivity contribution in [3.8, 4) is 78.8 Å². The molecule has 6 heterocycles. The Morgan fingerprint density at radius 2 is 0.676 bits per heavy atom. The van der Waals surface area contributed by atoms with E-state index in [0.717, 1.165) is 129 Å². The summed E-state index contributed by atoms with van der Waals surface area (Å²) in [5, 5.41) is 29.9. The van der Waals surface area contributed by atoms with Crippen LogP contribution >= 0.6 is 0 Å². The van der Waals surface area contributed by atoms with Gasteiger partial charge >= 0.3 is 41.2 Å². The molecule has 18 rings (SSSR count). The number of fused-ring (bicyclic) bond motifs is 3. The molecule has 0 unspecified atom stereocenters. The van der Waals surface area contributed by atoms with Crippen molar-refractivity contribution in [1.29, 1.82) is 0 Å². The van der Waals surface area contributed by atoms with Crippen LogP contribution in [0.1, 0.15) is 125 Å². The zero-order valence-electron chi connectivity index (χ0n) is 84.6. The predicted octanol–water partition coefficient (Wildman–Crippen LogP) is 30.6. The quantitative estimate of drug-likeness (QED) is 0.0401. The van der Waals surface area contributed by atoms with Gasteiger partial charge in [-0.05, 0) is 193 Å². The molecule has 19 heteroatoms. The summed E-state index contributed by atoms with van der Waals surface area (Å²) < 4.78 is 0. The Hall–Kier alpha value is -13.4. The van der Waals surface area contributed by atoms with Crippen molar-refractivity contribution in [1.82, 2.24) is 29.9 Å². The van der Waals surface area contributed by atoms with Crippen LogP contribution < -0.4 is 0 Å². The smallest absolute Gasteiger partial charge is 0.512 e. The van der Waals surface area contributed by atoms with Gasteiger partial charge in [0.25, 0.3) is 0 Å². The molecule has 0 spiro atoms. The monoisotopic (exact) mass is 2800 g/mol. The number of aliphatic hydroxyl groups is 3. The number of carbonyl (C=O) groups is 3. The summed E-state index contributed by atoms with van der Waals surface area (Å²) in [6.45, 7) is 35.8. The zero-order chi connectivity index (χ0) is 101. The first-order chi connectivity index (χ1) is 67.2. The van der Waals surface area contributed by atoms with Crippen LogP contribution in [0.2, 0.25) is 0 Å². The first-order valence-corrected chi connectivity index (χ1v) is 45.8. The fraction of sp³-hybridized carbons (Fsp3) is 0.151. The molecule has 6 aromatic heterocycles. The topological polar surface area (TPSA) is 214 Å². The Labute approximate surface area is 923 Å². The summed E-state index contributed by atoms with van der Waals surface area (Å²) in [6, 6.07) is 124. The fourth-order valence-corrected chi connectivity index (χ4v) is 14.9. The largest absolute Gasteiger partial charge is 3.00 e. The Kier molecular flexibility index (Phi) is 52.4. The molecule has 0 saturated heterocycles. The van der Waals surface area contributed by atoms with Crippen LogP contribution in [0.25, 0.3) is 111 Å². The summed E-state index contributed by atoms with van der Waals surface area (Å²) in [4.78, 5) is 66.8. The minimum absolute atomic E-state index is 0. The first kappa shape index (κ1) is 122. The molecule has 0 fully saturated rings. The van der Waals surface area contributed by atoms with Crippen LogP contribution in [0.3, 0.4) is 0 Å². The van der Waals surface area contributed by atoms with Crippen molar-refractivity contribution >= 4 is 73.7 Å². The summed E-state index contributed by atoms with van der Waals surface area (Å²) >= 11 is 0. The van der Waals surface area contributed by atoms with Crippen molar-refractivity contribution in [3.05, 3.63) is 477 Å². The average Bonchev–Trinajstić information content (AvgIpc) is 0.520. The van der Waals surface area contributed by atoms with Gasteiger partial charge in [0.05, 0.1) is 39.7 Å². The number of para-hydroxylation sites is 2. The SMILES string of the molecule is CC(=O)C=C(C)O.CC(=O)C=C(C)O.CC(=O)C=C(C)O.Cc1[c-]c(-c2ccc3cc(C)ccc3n2)cc(C)c1.Cc1[c-]c(-c2ccc3ccc(C)cc3n2)cc(C)c1.Cc1[c-]c(-c2nccc3cc(C)ccc23)cc(C)c1.Cc1cc(C)c(-c2[c-]cccc2)nc1-c1[c-]cccc1.Cc1cc(C)c(-c2ccccn2)[c-]c1-c1ccccn1.[Ir+3].[Ir].[Ir].[Ir].[Pt+2].[c-]1ccccc1C=Nc1ccccc1N=Cc1[c-]cccc1. The van der Waals surface area contributed by atoms with E-state index in [4.69, 9.17) is 30.3 Å². The Balaban J connectivity index is 0.000000292.